The highest BCUT2D eigenvalue weighted by Crippen LogP contribution is 2.29. The zero-order valence-corrected chi connectivity index (χ0v) is 11.7. The quantitative estimate of drug-likeness (QED) is 0.666. The predicted molar refractivity (Wildman–Crippen MR) is 76.0 cm³/mol. The van der Waals surface area contributed by atoms with Crippen molar-refractivity contribution in [1.29, 1.82) is 0 Å². The van der Waals surface area contributed by atoms with Crippen LogP contribution in [0.2, 0.25) is 0 Å². The normalized spacial score (nSPS) is 11.1. The summed E-state index contributed by atoms with van der Waals surface area (Å²) in [7, 11) is 0. The lowest BCUT2D eigenvalue weighted by Gasteiger charge is -1.91. The Morgan fingerprint density at radius 2 is 2.12 bits per heavy atom. The van der Waals surface area contributed by atoms with Gasteiger partial charge in [0.25, 0.3) is 0 Å². The number of aromatic nitrogens is 2. The summed E-state index contributed by atoms with van der Waals surface area (Å²) in [6.07, 6.45) is 0. The molecular weight excluding hydrogens is 268 g/mol. The van der Waals surface area contributed by atoms with Crippen molar-refractivity contribution in [2.45, 2.75) is 17.0 Å². The van der Waals surface area contributed by atoms with Gasteiger partial charge in [0.2, 0.25) is 0 Å². The van der Waals surface area contributed by atoms with Crippen LogP contribution in [0.4, 0.5) is 0 Å². The Morgan fingerprint density at radius 3 is 2.88 bits per heavy atom. The summed E-state index contributed by atoms with van der Waals surface area (Å²) in [6, 6.07) is 8.27. The van der Waals surface area contributed by atoms with E-state index in [0.29, 0.717) is 0 Å². The molecule has 3 rings (SSSR count). The van der Waals surface area contributed by atoms with Crippen LogP contribution < -0.4 is 0 Å². The van der Waals surface area contributed by atoms with Crippen LogP contribution >= 0.6 is 34.4 Å². The second-order valence-corrected chi connectivity index (χ2v) is 6.81. The monoisotopic (exact) mass is 278 g/mol. The van der Waals surface area contributed by atoms with Crippen LogP contribution in [0, 0.1) is 6.92 Å². The molecule has 0 aliphatic heterocycles. The molecule has 0 fully saturated rings. The zero-order chi connectivity index (χ0) is 11.7. The van der Waals surface area contributed by atoms with E-state index in [1.807, 2.05) is 13.0 Å². The highest BCUT2D eigenvalue weighted by atomic mass is 32.2. The Labute approximate surface area is 112 Å². The van der Waals surface area contributed by atoms with E-state index >= 15 is 0 Å². The fraction of sp³-hybridized carbons (Fsp3) is 0.167. The van der Waals surface area contributed by atoms with Crippen molar-refractivity contribution in [3.05, 3.63) is 40.3 Å². The molecule has 0 unspecified atom stereocenters. The van der Waals surface area contributed by atoms with Crippen LogP contribution in [-0.2, 0) is 5.75 Å². The summed E-state index contributed by atoms with van der Waals surface area (Å²) in [5.74, 6) is 0.909. The van der Waals surface area contributed by atoms with E-state index in [9.17, 15) is 0 Å². The Morgan fingerprint density at radius 1 is 1.24 bits per heavy atom. The molecule has 0 radical (unpaired) electrons. The number of thioether (sulfide) groups is 1. The number of nitrogens with zero attached hydrogens (tertiary/aromatic N) is 2. The van der Waals surface area contributed by atoms with Crippen molar-refractivity contribution in [1.82, 2.24) is 9.97 Å². The van der Waals surface area contributed by atoms with E-state index in [2.05, 4.69) is 33.5 Å². The molecule has 0 amide bonds. The molecule has 2 nitrogen and oxygen atoms in total. The van der Waals surface area contributed by atoms with Gasteiger partial charge < -0.3 is 0 Å². The zero-order valence-electron chi connectivity index (χ0n) is 9.21. The van der Waals surface area contributed by atoms with Gasteiger partial charge in [0, 0.05) is 11.1 Å². The Hall–Kier alpha value is -0.910. The summed E-state index contributed by atoms with van der Waals surface area (Å²) in [5, 5.41) is 3.25. The molecular formula is C12H10N2S3. The van der Waals surface area contributed by atoms with Crippen molar-refractivity contribution in [3.63, 3.8) is 0 Å². The molecule has 0 saturated carbocycles. The average Bonchev–Trinajstić information content (AvgIpc) is 2.91. The number of hydrogen-bond donors (Lipinski definition) is 0. The van der Waals surface area contributed by atoms with Crippen LogP contribution in [0.5, 0.6) is 0 Å². The van der Waals surface area contributed by atoms with Gasteiger partial charge in [-0.1, -0.05) is 23.9 Å². The van der Waals surface area contributed by atoms with E-state index in [0.717, 1.165) is 21.3 Å². The van der Waals surface area contributed by atoms with Crippen molar-refractivity contribution in [2.24, 2.45) is 0 Å². The maximum atomic E-state index is 4.61. The highest BCUT2D eigenvalue weighted by molar-refractivity contribution is 8.00. The molecule has 17 heavy (non-hydrogen) atoms. The molecule has 86 valence electrons. The number of para-hydroxylation sites is 1. The lowest BCUT2D eigenvalue weighted by Crippen LogP contribution is -1.77. The van der Waals surface area contributed by atoms with Gasteiger partial charge in [0.1, 0.15) is 5.01 Å². The predicted octanol–water partition coefficient (Wildman–Crippen LogP) is 4.35. The summed E-state index contributed by atoms with van der Waals surface area (Å²) in [4.78, 5) is 9.05. The Kier molecular flexibility index (Phi) is 3.13. The average molecular weight is 278 g/mol. The SMILES string of the molecule is Cc1csc(SCc2nc3ccccc3s2)n1. The first-order valence-corrected chi connectivity index (χ1v) is 7.89. The van der Waals surface area contributed by atoms with Crippen molar-refractivity contribution in [3.8, 4) is 0 Å². The molecule has 0 aliphatic rings. The van der Waals surface area contributed by atoms with Crippen LogP contribution in [0.1, 0.15) is 10.7 Å². The number of hydrogen-bond acceptors (Lipinski definition) is 5. The number of thiazole rings is 2. The largest absolute Gasteiger partial charge is 0.240 e. The summed E-state index contributed by atoms with van der Waals surface area (Å²) >= 11 is 5.24. The van der Waals surface area contributed by atoms with E-state index in [-0.39, 0.29) is 0 Å². The topological polar surface area (TPSA) is 25.8 Å². The third-order valence-electron chi connectivity index (χ3n) is 2.26. The van der Waals surface area contributed by atoms with E-state index < -0.39 is 0 Å². The number of aryl methyl sites for hydroxylation is 1. The van der Waals surface area contributed by atoms with Crippen molar-refractivity contribution in [2.75, 3.05) is 0 Å². The molecule has 3 aromatic rings. The molecule has 0 spiro atoms. The standard InChI is InChI=1S/C12H10N2S3/c1-8-6-15-12(13-8)16-7-11-14-9-4-2-3-5-10(9)17-11/h2-6H,7H2,1H3. The second-order valence-electron chi connectivity index (χ2n) is 3.62. The summed E-state index contributed by atoms with van der Waals surface area (Å²) in [6.45, 7) is 2.03. The van der Waals surface area contributed by atoms with E-state index in [1.54, 1.807) is 34.4 Å². The molecule has 2 heterocycles. The molecule has 0 N–H and O–H groups in total. The number of rotatable bonds is 3. The smallest absolute Gasteiger partial charge is 0.150 e. The van der Waals surface area contributed by atoms with Crippen molar-refractivity contribution < 1.29 is 0 Å². The lowest BCUT2D eigenvalue weighted by atomic mass is 10.3. The molecule has 0 atom stereocenters. The molecule has 0 bridgehead atoms. The minimum Gasteiger partial charge on any atom is -0.240 e. The third-order valence-corrected chi connectivity index (χ3v) is 5.62. The lowest BCUT2D eigenvalue weighted by molar-refractivity contribution is 1.16. The van der Waals surface area contributed by atoms with Gasteiger partial charge in [-0.25, -0.2) is 9.97 Å². The first kappa shape index (κ1) is 11.2. The van der Waals surface area contributed by atoms with E-state index in [4.69, 9.17) is 0 Å². The third kappa shape index (κ3) is 2.51. The van der Waals surface area contributed by atoms with Crippen LogP contribution in [-0.4, -0.2) is 9.97 Å². The fourth-order valence-electron chi connectivity index (χ4n) is 1.50. The Bertz CT molecular complexity index is 609. The maximum absolute atomic E-state index is 4.61. The van der Waals surface area contributed by atoms with Crippen LogP contribution in [0.25, 0.3) is 10.2 Å². The first-order valence-electron chi connectivity index (χ1n) is 5.20. The molecule has 2 aromatic heterocycles. The molecule has 0 aliphatic carbocycles. The minimum absolute atomic E-state index is 0.909. The molecule has 5 heteroatoms. The summed E-state index contributed by atoms with van der Waals surface area (Å²) < 4.78 is 2.39. The number of fused-ring (bicyclic) bond motifs is 1. The molecule has 0 saturated heterocycles. The molecule has 1 aromatic carbocycles. The van der Waals surface area contributed by atoms with Gasteiger partial charge in [-0.05, 0) is 19.1 Å². The van der Waals surface area contributed by atoms with Gasteiger partial charge >= 0.3 is 0 Å². The van der Waals surface area contributed by atoms with Gasteiger partial charge in [0.05, 0.1) is 16.0 Å². The van der Waals surface area contributed by atoms with Crippen molar-refractivity contribution >= 4 is 44.7 Å². The fourth-order valence-corrected chi connectivity index (χ4v) is 4.31. The number of benzene rings is 1. The second kappa shape index (κ2) is 4.76. The minimum atomic E-state index is 0.909. The van der Waals surface area contributed by atoms with Gasteiger partial charge in [-0.3, -0.25) is 0 Å². The maximum Gasteiger partial charge on any atom is 0.150 e. The van der Waals surface area contributed by atoms with Gasteiger partial charge in [-0.15, -0.1) is 22.7 Å². The Balaban J connectivity index is 1.76. The van der Waals surface area contributed by atoms with Crippen LogP contribution in [0.15, 0.2) is 34.0 Å². The van der Waals surface area contributed by atoms with E-state index in [1.165, 1.54) is 9.71 Å². The highest BCUT2D eigenvalue weighted by Gasteiger charge is 2.05. The van der Waals surface area contributed by atoms with Crippen LogP contribution in [0.3, 0.4) is 0 Å². The van der Waals surface area contributed by atoms with Gasteiger partial charge in [0.15, 0.2) is 4.34 Å². The summed E-state index contributed by atoms with van der Waals surface area (Å²) in [5.41, 5.74) is 2.20. The first-order chi connectivity index (χ1) is 8.31. The van der Waals surface area contributed by atoms with Gasteiger partial charge in [-0.2, -0.15) is 0 Å².